The predicted octanol–water partition coefficient (Wildman–Crippen LogP) is 1.59. The van der Waals surface area contributed by atoms with E-state index in [1.165, 1.54) is 0 Å². The van der Waals surface area contributed by atoms with E-state index in [1.807, 2.05) is 13.3 Å². The molecule has 0 bridgehead atoms. The zero-order chi connectivity index (χ0) is 14.1. The summed E-state index contributed by atoms with van der Waals surface area (Å²) in [5, 5.41) is 0. The van der Waals surface area contributed by atoms with Gasteiger partial charge in [0, 0.05) is 25.8 Å². The Morgan fingerprint density at radius 2 is 2.35 bits per heavy atom. The lowest BCUT2D eigenvalue weighted by Crippen LogP contribution is -2.38. The van der Waals surface area contributed by atoms with Crippen LogP contribution < -0.4 is 0 Å². The van der Waals surface area contributed by atoms with E-state index in [1.54, 1.807) is 24.3 Å². The third-order valence-electron chi connectivity index (χ3n) is 3.61. The molecule has 0 radical (unpaired) electrons. The maximum atomic E-state index is 12.5. The highest BCUT2D eigenvalue weighted by molar-refractivity contribution is 5.92. The number of hydrogen-bond acceptors (Lipinski definition) is 4. The van der Waals surface area contributed by atoms with Gasteiger partial charge >= 0.3 is 0 Å². The predicted molar refractivity (Wildman–Crippen MR) is 71.1 cm³/mol. The van der Waals surface area contributed by atoms with Crippen LogP contribution in [0.2, 0.25) is 0 Å². The van der Waals surface area contributed by atoms with Gasteiger partial charge in [0.25, 0.3) is 5.91 Å². The van der Waals surface area contributed by atoms with Gasteiger partial charge in [-0.25, -0.2) is 4.98 Å². The van der Waals surface area contributed by atoms with Gasteiger partial charge in [-0.3, -0.25) is 4.79 Å². The Balaban J connectivity index is 1.83. The number of ether oxygens (including phenoxy) is 1. The fourth-order valence-electron chi connectivity index (χ4n) is 2.48. The Morgan fingerprint density at radius 1 is 1.50 bits per heavy atom. The fraction of sp³-hybridized carbons (Fsp3) is 0.429. The summed E-state index contributed by atoms with van der Waals surface area (Å²) in [6, 6.07) is 1.80. The van der Waals surface area contributed by atoms with Crippen LogP contribution in [0.4, 0.5) is 0 Å². The Labute approximate surface area is 117 Å². The van der Waals surface area contributed by atoms with Crippen molar-refractivity contribution in [3.05, 3.63) is 41.4 Å². The van der Waals surface area contributed by atoms with Gasteiger partial charge in [0.2, 0.25) is 0 Å². The number of rotatable bonds is 3. The van der Waals surface area contributed by atoms with Crippen LogP contribution in [0.25, 0.3) is 0 Å². The van der Waals surface area contributed by atoms with Gasteiger partial charge in [0.05, 0.1) is 37.1 Å². The maximum absolute atomic E-state index is 12.5. The molecule has 0 fully saturated rings. The maximum Gasteiger partial charge on any atom is 0.290 e. The topological polar surface area (TPSA) is 60.5 Å². The summed E-state index contributed by atoms with van der Waals surface area (Å²) in [6.45, 7) is 4.29. The van der Waals surface area contributed by atoms with Crippen molar-refractivity contribution >= 4 is 5.91 Å². The summed E-state index contributed by atoms with van der Waals surface area (Å²) in [6.07, 6.45) is 3.36. The van der Waals surface area contributed by atoms with E-state index < -0.39 is 0 Å². The Morgan fingerprint density at radius 3 is 3.05 bits per heavy atom. The molecule has 2 aromatic rings. The second-order valence-corrected chi connectivity index (χ2v) is 4.92. The molecule has 3 rings (SSSR count). The summed E-state index contributed by atoms with van der Waals surface area (Å²) in [5.41, 5.74) is 2.79. The van der Waals surface area contributed by atoms with Crippen LogP contribution in [-0.2, 0) is 24.4 Å². The van der Waals surface area contributed by atoms with Crippen molar-refractivity contribution in [2.45, 2.75) is 26.6 Å². The largest absolute Gasteiger partial charge is 0.459 e. The van der Waals surface area contributed by atoms with Crippen LogP contribution in [0.15, 0.2) is 23.1 Å². The van der Waals surface area contributed by atoms with Gasteiger partial charge in [0.1, 0.15) is 0 Å². The van der Waals surface area contributed by atoms with Crippen LogP contribution in [0.5, 0.6) is 0 Å². The zero-order valence-electron chi connectivity index (χ0n) is 11.6. The highest BCUT2D eigenvalue weighted by Gasteiger charge is 2.26. The molecular formula is C14H17N3O3. The number of amides is 1. The van der Waals surface area contributed by atoms with Crippen LogP contribution in [0.3, 0.4) is 0 Å². The van der Waals surface area contributed by atoms with Gasteiger partial charge in [-0.05, 0) is 13.0 Å². The summed E-state index contributed by atoms with van der Waals surface area (Å²) in [7, 11) is 1.64. The van der Waals surface area contributed by atoms with Crippen molar-refractivity contribution in [3.63, 3.8) is 0 Å². The summed E-state index contributed by atoms with van der Waals surface area (Å²) in [4.78, 5) is 18.6. The molecule has 20 heavy (non-hydrogen) atoms. The molecule has 1 aliphatic heterocycles. The van der Waals surface area contributed by atoms with Crippen molar-refractivity contribution in [2.24, 2.45) is 0 Å². The SMILES string of the molecule is COCc1ncn2c1CN(C(=O)c1occc1C)CC2. The number of aromatic nitrogens is 2. The van der Waals surface area contributed by atoms with Crippen LogP contribution in [0.1, 0.15) is 27.5 Å². The first-order chi connectivity index (χ1) is 9.70. The summed E-state index contributed by atoms with van der Waals surface area (Å²) >= 11 is 0. The van der Waals surface area contributed by atoms with Crippen LogP contribution in [-0.4, -0.2) is 34.0 Å². The van der Waals surface area contributed by atoms with Gasteiger partial charge < -0.3 is 18.6 Å². The lowest BCUT2D eigenvalue weighted by atomic mass is 10.2. The van der Waals surface area contributed by atoms with Crippen LogP contribution in [0, 0.1) is 6.92 Å². The molecule has 0 saturated heterocycles. The average Bonchev–Trinajstić information content (AvgIpc) is 3.05. The Kier molecular flexibility index (Phi) is 3.31. The smallest absolute Gasteiger partial charge is 0.290 e. The molecule has 0 aromatic carbocycles. The second-order valence-electron chi connectivity index (χ2n) is 4.92. The van der Waals surface area contributed by atoms with Crippen molar-refractivity contribution in [1.82, 2.24) is 14.5 Å². The van der Waals surface area contributed by atoms with E-state index in [2.05, 4.69) is 9.55 Å². The normalized spacial score (nSPS) is 14.4. The molecular weight excluding hydrogens is 258 g/mol. The highest BCUT2D eigenvalue weighted by atomic mass is 16.5. The number of methoxy groups -OCH3 is 1. The Bertz CT molecular complexity index is 629. The number of fused-ring (bicyclic) bond motifs is 1. The van der Waals surface area contributed by atoms with Crippen molar-refractivity contribution in [2.75, 3.05) is 13.7 Å². The molecule has 2 aromatic heterocycles. The summed E-state index contributed by atoms with van der Waals surface area (Å²) in [5.74, 6) is 0.356. The molecule has 0 spiro atoms. The quantitative estimate of drug-likeness (QED) is 0.853. The van der Waals surface area contributed by atoms with E-state index in [9.17, 15) is 4.79 Å². The molecule has 6 nitrogen and oxygen atoms in total. The molecule has 0 unspecified atom stereocenters. The van der Waals surface area contributed by atoms with E-state index in [0.29, 0.717) is 25.5 Å². The van der Waals surface area contributed by atoms with Crippen molar-refractivity contribution in [3.8, 4) is 0 Å². The molecule has 0 saturated carbocycles. The number of imidazole rings is 1. The number of furan rings is 1. The zero-order valence-corrected chi connectivity index (χ0v) is 11.6. The summed E-state index contributed by atoms with van der Waals surface area (Å²) < 4.78 is 12.5. The minimum Gasteiger partial charge on any atom is -0.459 e. The first-order valence-electron chi connectivity index (χ1n) is 6.56. The van der Waals surface area contributed by atoms with E-state index >= 15 is 0 Å². The first-order valence-corrected chi connectivity index (χ1v) is 6.56. The second kappa shape index (κ2) is 5.13. The number of carbonyl (C=O) groups excluding carboxylic acids is 1. The molecule has 0 atom stereocenters. The molecule has 6 heteroatoms. The third kappa shape index (κ3) is 2.12. The van der Waals surface area contributed by atoms with Crippen molar-refractivity contribution < 1.29 is 13.9 Å². The number of aryl methyl sites for hydroxylation is 1. The third-order valence-corrected chi connectivity index (χ3v) is 3.61. The van der Waals surface area contributed by atoms with E-state index in [0.717, 1.165) is 23.5 Å². The average molecular weight is 275 g/mol. The van der Waals surface area contributed by atoms with Gasteiger partial charge in [0.15, 0.2) is 5.76 Å². The standard InChI is InChI=1S/C14H17N3O3/c1-10-3-6-20-13(10)14(18)16-4-5-17-9-15-11(8-19-2)12(17)7-16/h3,6,9H,4-5,7-8H2,1-2H3. The molecule has 0 N–H and O–H groups in total. The van der Waals surface area contributed by atoms with E-state index in [-0.39, 0.29) is 5.91 Å². The van der Waals surface area contributed by atoms with Gasteiger partial charge in [-0.15, -0.1) is 0 Å². The number of hydrogen-bond donors (Lipinski definition) is 0. The molecule has 106 valence electrons. The van der Waals surface area contributed by atoms with Crippen LogP contribution >= 0.6 is 0 Å². The van der Waals surface area contributed by atoms with Gasteiger partial charge in [-0.2, -0.15) is 0 Å². The molecule has 1 aliphatic rings. The fourth-order valence-corrected chi connectivity index (χ4v) is 2.48. The number of carbonyl (C=O) groups is 1. The van der Waals surface area contributed by atoms with E-state index in [4.69, 9.17) is 9.15 Å². The lowest BCUT2D eigenvalue weighted by Gasteiger charge is -2.28. The highest BCUT2D eigenvalue weighted by Crippen LogP contribution is 2.20. The first kappa shape index (κ1) is 12.9. The molecule has 3 heterocycles. The molecule has 1 amide bonds. The molecule has 0 aliphatic carbocycles. The minimum absolute atomic E-state index is 0.0664. The lowest BCUT2D eigenvalue weighted by molar-refractivity contribution is 0.0675. The van der Waals surface area contributed by atoms with Gasteiger partial charge in [-0.1, -0.05) is 0 Å². The number of nitrogens with zero attached hydrogens (tertiary/aromatic N) is 3. The van der Waals surface area contributed by atoms with Crippen molar-refractivity contribution in [1.29, 1.82) is 0 Å². The Hall–Kier alpha value is -2.08. The minimum atomic E-state index is -0.0664. The monoisotopic (exact) mass is 275 g/mol.